The van der Waals surface area contributed by atoms with Crippen LogP contribution in [-0.4, -0.2) is 42.0 Å². The van der Waals surface area contributed by atoms with E-state index in [0.29, 0.717) is 16.3 Å². The maximum absolute atomic E-state index is 11.6. The van der Waals surface area contributed by atoms with Gasteiger partial charge in [0.25, 0.3) is 11.7 Å². The molecule has 108 valence electrons. The number of ketones is 1. The number of hydrogen-bond acceptors (Lipinski definition) is 4. The van der Waals surface area contributed by atoms with Gasteiger partial charge in [-0.1, -0.05) is 25.4 Å². The molecule has 0 aromatic heterocycles. The van der Waals surface area contributed by atoms with Crippen molar-refractivity contribution < 1.29 is 9.59 Å². The Morgan fingerprint density at radius 1 is 1.25 bits per heavy atom. The fourth-order valence-electron chi connectivity index (χ4n) is 2.08. The molecule has 2 rings (SSSR count). The predicted molar refractivity (Wildman–Crippen MR) is 82.9 cm³/mol. The summed E-state index contributed by atoms with van der Waals surface area (Å²) in [7, 11) is 0. The second-order valence-electron chi connectivity index (χ2n) is 4.49. The molecule has 1 amide bonds. The summed E-state index contributed by atoms with van der Waals surface area (Å²) in [5.41, 5.74) is 0.933. The van der Waals surface area contributed by atoms with Crippen LogP contribution in [0.3, 0.4) is 0 Å². The molecular weight excluding hydrogens is 296 g/mol. The summed E-state index contributed by atoms with van der Waals surface area (Å²) in [4.78, 5) is 26.1. The second-order valence-corrected chi connectivity index (χ2v) is 6.03. The van der Waals surface area contributed by atoms with Crippen LogP contribution in [0.1, 0.15) is 24.2 Å². The predicted octanol–water partition coefficient (Wildman–Crippen LogP) is 2.91. The van der Waals surface area contributed by atoms with E-state index in [4.69, 9.17) is 11.6 Å². The average Bonchev–Trinajstić information content (AvgIpc) is 2.70. The quantitative estimate of drug-likeness (QED) is 0.648. The van der Waals surface area contributed by atoms with Gasteiger partial charge in [0.1, 0.15) is 0 Å². The average molecular weight is 313 g/mol. The van der Waals surface area contributed by atoms with Crippen molar-refractivity contribution in [2.75, 3.05) is 30.7 Å². The Morgan fingerprint density at radius 2 is 1.95 bits per heavy atom. The number of rotatable bonds is 6. The Bertz CT molecular complexity index is 544. The van der Waals surface area contributed by atoms with Gasteiger partial charge in [-0.25, -0.2) is 0 Å². The van der Waals surface area contributed by atoms with Gasteiger partial charge in [0.2, 0.25) is 0 Å². The molecule has 1 aromatic rings. The summed E-state index contributed by atoms with van der Waals surface area (Å²) in [5, 5.41) is 3.09. The SMILES string of the molecule is CCN(CC)CCSc1cc2c(cc1Cl)C(=O)C(=O)N2. The first-order valence-electron chi connectivity index (χ1n) is 6.61. The number of amides is 1. The highest BCUT2D eigenvalue weighted by Crippen LogP contribution is 2.35. The molecule has 0 aliphatic carbocycles. The Labute approximate surface area is 127 Å². The summed E-state index contributed by atoms with van der Waals surface area (Å²) in [6, 6.07) is 3.37. The van der Waals surface area contributed by atoms with Crippen molar-refractivity contribution in [2.45, 2.75) is 18.7 Å². The third-order valence-electron chi connectivity index (χ3n) is 3.33. The molecule has 0 spiro atoms. The molecular formula is C14H17ClN2O2S. The number of nitrogens with one attached hydrogen (secondary N) is 1. The molecule has 0 radical (unpaired) electrons. The molecule has 0 saturated heterocycles. The van der Waals surface area contributed by atoms with Crippen molar-refractivity contribution in [1.29, 1.82) is 0 Å². The zero-order valence-electron chi connectivity index (χ0n) is 11.5. The summed E-state index contributed by atoms with van der Waals surface area (Å²) in [6.45, 7) is 7.31. The molecule has 0 saturated carbocycles. The zero-order chi connectivity index (χ0) is 14.7. The van der Waals surface area contributed by atoms with E-state index in [1.54, 1.807) is 23.9 Å². The first kappa shape index (κ1) is 15.4. The number of Topliss-reactive ketones (excluding diaryl/α,β-unsaturated/α-hetero) is 1. The number of carbonyl (C=O) groups excluding carboxylic acids is 2. The van der Waals surface area contributed by atoms with Crippen LogP contribution in [0, 0.1) is 0 Å². The fourth-order valence-corrected chi connectivity index (χ4v) is 3.38. The second kappa shape index (κ2) is 6.61. The molecule has 0 bridgehead atoms. The van der Waals surface area contributed by atoms with E-state index in [1.165, 1.54) is 0 Å². The van der Waals surface area contributed by atoms with E-state index in [1.807, 2.05) is 0 Å². The summed E-state index contributed by atoms with van der Waals surface area (Å²) in [6.07, 6.45) is 0. The number of fused-ring (bicyclic) bond motifs is 1. The minimum atomic E-state index is -0.582. The highest BCUT2D eigenvalue weighted by molar-refractivity contribution is 7.99. The minimum absolute atomic E-state index is 0.369. The van der Waals surface area contributed by atoms with Crippen molar-refractivity contribution in [3.05, 3.63) is 22.7 Å². The third-order valence-corrected chi connectivity index (χ3v) is 4.79. The number of thioether (sulfide) groups is 1. The highest BCUT2D eigenvalue weighted by Gasteiger charge is 2.29. The molecule has 1 heterocycles. The number of benzene rings is 1. The topological polar surface area (TPSA) is 49.4 Å². The lowest BCUT2D eigenvalue weighted by Gasteiger charge is -2.17. The van der Waals surface area contributed by atoms with Crippen LogP contribution in [0.4, 0.5) is 5.69 Å². The van der Waals surface area contributed by atoms with E-state index in [-0.39, 0.29) is 0 Å². The maximum Gasteiger partial charge on any atom is 0.296 e. The highest BCUT2D eigenvalue weighted by atomic mass is 35.5. The summed E-state index contributed by atoms with van der Waals surface area (Å²) < 4.78 is 0. The van der Waals surface area contributed by atoms with Crippen molar-refractivity contribution in [2.24, 2.45) is 0 Å². The van der Waals surface area contributed by atoms with Gasteiger partial charge in [-0.3, -0.25) is 9.59 Å². The molecule has 1 aliphatic heterocycles. The van der Waals surface area contributed by atoms with Crippen LogP contribution in [0.2, 0.25) is 5.02 Å². The zero-order valence-corrected chi connectivity index (χ0v) is 13.1. The smallest absolute Gasteiger partial charge is 0.296 e. The lowest BCUT2D eigenvalue weighted by molar-refractivity contribution is -0.112. The van der Waals surface area contributed by atoms with Gasteiger partial charge < -0.3 is 10.2 Å². The molecule has 0 fully saturated rings. The molecule has 20 heavy (non-hydrogen) atoms. The van der Waals surface area contributed by atoms with Crippen LogP contribution >= 0.6 is 23.4 Å². The van der Waals surface area contributed by atoms with Gasteiger partial charge in [-0.15, -0.1) is 11.8 Å². The van der Waals surface area contributed by atoms with Gasteiger partial charge >= 0.3 is 0 Å². The third kappa shape index (κ3) is 3.16. The largest absolute Gasteiger partial charge is 0.318 e. The number of anilines is 1. The number of nitrogens with zero attached hydrogens (tertiary/aromatic N) is 1. The molecule has 0 atom stereocenters. The number of halogens is 1. The maximum atomic E-state index is 11.6. The van der Waals surface area contributed by atoms with Crippen LogP contribution < -0.4 is 5.32 Å². The van der Waals surface area contributed by atoms with Crippen molar-refractivity contribution in [3.63, 3.8) is 0 Å². The van der Waals surface area contributed by atoms with E-state index in [2.05, 4.69) is 24.1 Å². The molecule has 0 unspecified atom stereocenters. The van der Waals surface area contributed by atoms with E-state index >= 15 is 0 Å². The van der Waals surface area contributed by atoms with Crippen molar-refractivity contribution >= 4 is 40.7 Å². The van der Waals surface area contributed by atoms with Gasteiger partial charge in [-0.05, 0) is 25.2 Å². The van der Waals surface area contributed by atoms with E-state index < -0.39 is 11.7 Å². The monoisotopic (exact) mass is 312 g/mol. The summed E-state index contributed by atoms with van der Waals surface area (Å²) >= 11 is 7.82. The van der Waals surface area contributed by atoms with Crippen LogP contribution in [0.15, 0.2) is 17.0 Å². The fraction of sp³-hybridized carbons (Fsp3) is 0.429. The van der Waals surface area contributed by atoms with Crippen molar-refractivity contribution in [1.82, 2.24) is 4.90 Å². The van der Waals surface area contributed by atoms with Crippen LogP contribution in [0.25, 0.3) is 0 Å². The van der Waals surface area contributed by atoms with Gasteiger partial charge in [0.15, 0.2) is 0 Å². The standard InChI is InChI=1S/C14H17ClN2O2S/c1-3-17(4-2)5-6-20-12-8-11-9(7-10(12)15)13(18)14(19)16-11/h7-8H,3-6H2,1-2H3,(H,16,18,19). The van der Waals surface area contributed by atoms with Crippen LogP contribution in [0.5, 0.6) is 0 Å². The Kier molecular flexibility index (Phi) is 5.07. The van der Waals surface area contributed by atoms with Gasteiger partial charge in [0, 0.05) is 17.2 Å². The number of hydrogen-bond donors (Lipinski definition) is 1. The lowest BCUT2D eigenvalue weighted by Crippen LogP contribution is -2.25. The Hall–Kier alpha value is -1.04. The van der Waals surface area contributed by atoms with Crippen molar-refractivity contribution in [3.8, 4) is 0 Å². The molecule has 6 heteroatoms. The van der Waals surface area contributed by atoms with Gasteiger partial charge in [-0.2, -0.15) is 0 Å². The molecule has 4 nitrogen and oxygen atoms in total. The normalized spacial score (nSPS) is 13.8. The van der Waals surface area contributed by atoms with Crippen LogP contribution in [-0.2, 0) is 4.79 Å². The number of carbonyl (C=O) groups is 2. The van der Waals surface area contributed by atoms with E-state index in [9.17, 15) is 9.59 Å². The van der Waals surface area contributed by atoms with E-state index in [0.717, 1.165) is 30.3 Å². The molecule has 1 N–H and O–H groups in total. The lowest BCUT2D eigenvalue weighted by atomic mass is 10.1. The molecule has 1 aromatic carbocycles. The first-order chi connectivity index (χ1) is 9.56. The minimum Gasteiger partial charge on any atom is -0.318 e. The first-order valence-corrected chi connectivity index (χ1v) is 7.97. The molecule has 1 aliphatic rings. The van der Waals surface area contributed by atoms with Gasteiger partial charge in [0.05, 0.1) is 16.3 Å². The Morgan fingerprint density at radius 3 is 2.60 bits per heavy atom. The Balaban J connectivity index is 2.05. The summed E-state index contributed by atoms with van der Waals surface area (Å²) in [5.74, 6) is -0.176.